The normalized spacial score (nSPS) is 31.4. The van der Waals surface area contributed by atoms with Gasteiger partial charge in [-0.15, -0.1) is 0 Å². The maximum absolute atomic E-state index is 5.88. The van der Waals surface area contributed by atoms with Gasteiger partial charge in [0.25, 0.3) is 0 Å². The Kier molecular flexibility index (Phi) is 4.86. The molecule has 1 aliphatic carbocycles. The highest BCUT2D eigenvalue weighted by molar-refractivity contribution is 5.48. The molecule has 1 aromatic rings. The van der Waals surface area contributed by atoms with Crippen molar-refractivity contribution in [3.05, 3.63) is 35.9 Å². The summed E-state index contributed by atoms with van der Waals surface area (Å²) in [5.41, 5.74) is 1.30. The lowest BCUT2D eigenvalue weighted by Crippen LogP contribution is -2.43. The number of methoxy groups -OCH3 is 3. The van der Waals surface area contributed by atoms with Crippen molar-refractivity contribution < 1.29 is 14.2 Å². The number of fused-ring (bicyclic) bond motifs is 1. The maximum atomic E-state index is 5.88. The van der Waals surface area contributed by atoms with Crippen LogP contribution in [-0.2, 0) is 10.2 Å². The monoisotopic (exact) mass is 345 g/mol. The van der Waals surface area contributed by atoms with Crippen molar-refractivity contribution in [2.24, 2.45) is 5.41 Å². The molecule has 3 rings (SSSR count). The molecular weight excluding hydrogens is 314 g/mol. The van der Waals surface area contributed by atoms with Crippen molar-refractivity contribution in [3.8, 4) is 11.5 Å². The predicted molar refractivity (Wildman–Crippen MR) is 101 cm³/mol. The largest absolute Gasteiger partial charge is 0.493 e. The highest BCUT2D eigenvalue weighted by Crippen LogP contribution is 2.49. The molecule has 4 heteroatoms. The van der Waals surface area contributed by atoms with Gasteiger partial charge in [-0.25, -0.2) is 0 Å². The van der Waals surface area contributed by atoms with Crippen molar-refractivity contribution in [1.82, 2.24) is 4.90 Å². The van der Waals surface area contributed by atoms with E-state index in [0.717, 1.165) is 30.9 Å². The van der Waals surface area contributed by atoms with Gasteiger partial charge in [-0.1, -0.05) is 32.1 Å². The molecule has 0 spiro atoms. The van der Waals surface area contributed by atoms with Crippen LogP contribution in [0, 0.1) is 5.41 Å². The quantitative estimate of drug-likeness (QED) is 0.780. The van der Waals surface area contributed by atoms with E-state index in [1.54, 1.807) is 14.2 Å². The Hall–Kier alpha value is -1.52. The number of ether oxygens (including phenoxy) is 3. The zero-order chi connectivity index (χ0) is 18.2. The topological polar surface area (TPSA) is 30.9 Å². The fourth-order valence-corrected chi connectivity index (χ4v) is 4.60. The Balaban J connectivity index is 2.11. The molecule has 1 fully saturated rings. The first-order chi connectivity index (χ1) is 11.9. The standard InChI is InChI=1S/C21H31NO3/c1-20(2)9-10-21(11-12-22(3)18(21)14-19(20)25-6)15-7-8-16(23-4)17(13-15)24-5/h7-10,13,18-19H,11-12,14H2,1-6H3/t18-,19+,21-/m0/s1. The van der Waals surface area contributed by atoms with Crippen LogP contribution >= 0.6 is 0 Å². The summed E-state index contributed by atoms with van der Waals surface area (Å²) in [6.07, 6.45) is 7.11. The number of likely N-dealkylation sites (tertiary alicyclic amines) is 1. The smallest absolute Gasteiger partial charge is 0.161 e. The predicted octanol–water partition coefficient (Wildman–Crippen LogP) is 3.65. The van der Waals surface area contributed by atoms with E-state index in [1.165, 1.54) is 5.56 Å². The van der Waals surface area contributed by atoms with Gasteiger partial charge < -0.3 is 19.1 Å². The minimum absolute atomic E-state index is 0.0150. The second kappa shape index (κ2) is 6.65. The molecule has 1 heterocycles. The average Bonchev–Trinajstić information content (AvgIpc) is 2.87. The molecule has 0 radical (unpaired) electrons. The van der Waals surface area contributed by atoms with E-state index in [9.17, 15) is 0 Å². The average molecular weight is 345 g/mol. The molecule has 1 aromatic carbocycles. The van der Waals surface area contributed by atoms with Crippen LogP contribution in [0.1, 0.15) is 32.3 Å². The Morgan fingerprint density at radius 1 is 1.04 bits per heavy atom. The number of benzene rings is 1. The van der Waals surface area contributed by atoms with Crippen molar-refractivity contribution in [2.75, 3.05) is 34.9 Å². The molecule has 1 aliphatic heterocycles. The summed E-state index contributed by atoms with van der Waals surface area (Å²) in [4.78, 5) is 2.48. The molecule has 0 aromatic heterocycles. The van der Waals surface area contributed by atoms with Crippen LogP contribution in [0.3, 0.4) is 0 Å². The SMILES string of the molecule is COc1ccc([C@@]23C=CC(C)(C)[C@H](OC)C[C@@H]2N(C)CC3)cc1OC. The summed E-state index contributed by atoms with van der Waals surface area (Å²) in [5.74, 6) is 1.57. The van der Waals surface area contributed by atoms with Crippen LogP contribution in [0.4, 0.5) is 0 Å². The third-order valence-corrected chi connectivity index (χ3v) is 6.29. The van der Waals surface area contributed by atoms with Crippen LogP contribution < -0.4 is 9.47 Å². The van der Waals surface area contributed by atoms with Gasteiger partial charge in [-0.3, -0.25) is 0 Å². The zero-order valence-electron chi connectivity index (χ0n) is 16.3. The zero-order valence-corrected chi connectivity index (χ0v) is 16.3. The number of hydrogen-bond acceptors (Lipinski definition) is 4. The van der Waals surface area contributed by atoms with Gasteiger partial charge in [0, 0.05) is 24.0 Å². The van der Waals surface area contributed by atoms with Gasteiger partial charge in [0.05, 0.1) is 20.3 Å². The molecule has 3 atom stereocenters. The van der Waals surface area contributed by atoms with Crippen molar-refractivity contribution in [2.45, 2.75) is 44.2 Å². The lowest BCUT2D eigenvalue weighted by molar-refractivity contribution is 0.00972. The van der Waals surface area contributed by atoms with Crippen molar-refractivity contribution in [3.63, 3.8) is 0 Å². The molecule has 2 aliphatic rings. The molecule has 0 amide bonds. The van der Waals surface area contributed by atoms with Crippen LogP contribution in [0.2, 0.25) is 0 Å². The van der Waals surface area contributed by atoms with Crippen LogP contribution in [0.15, 0.2) is 30.4 Å². The van der Waals surface area contributed by atoms with Gasteiger partial charge >= 0.3 is 0 Å². The van der Waals surface area contributed by atoms with E-state index in [1.807, 2.05) is 13.2 Å². The third-order valence-electron chi connectivity index (χ3n) is 6.29. The molecule has 0 N–H and O–H groups in total. The summed E-state index contributed by atoms with van der Waals surface area (Å²) >= 11 is 0. The molecule has 4 nitrogen and oxygen atoms in total. The molecular formula is C21H31NO3. The molecule has 25 heavy (non-hydrogen) atoms. The number of rotatable bonds is 4. The van der Waals surface area contributed by atoms with Gasteiger partial charge in [0.15, 0.2) is 11.5 Å². The summed E-state index contributed by atoms with van der Waals surface area (Å²) in [6.45, 7) is 5.61. The Labute approximate surface area is 151 Å². The third kappa shape index (κ3) is 2.96. The fourth-order valence-electron chi connectivity index (χ4n) is 4.60. The van der Waals surface area contributed by atoms with Crippen LogP contribution in [0.5, 0.6) is 11.5 Å². The summed E-state index contributed by atoms with van der Waals surface area (Å²) < 4.78 is 16.9. The lowest BCUT2D eigenvalue weighted by Gasteiger charge is -2.37. The van der Waals surface area contributed by atoms with Gasteiger partial charge in [-0.2, -0.15) is 0 Å². The number of nitrogens with zero attached hydrogens (tertiary/aromatic N) is 1. The van der Waals surface area contributed by atoms with E-state index < -0.39 is 0 Å². The Morgan fingerprint density at radius 3 is 2.40 bits per heavy atom. The second-order valence-electron chi connectivity index (χ2n) is 7.97. The van der Waals surface area contributed by atoms with E-state index in [0.29, 0.717) is 6.04 Å². The first-order valence-corrected chi connectivity index (χ1v) is 9.04. The van der Waals surface area contributed by atoms with Gasteiger partial charge in [0.2, 0.25) is 0 Å². The Morgan fingerprint density at radius 2 is 1.76 bits per heavy atom. The maximum Gasteiger partial charge on any atom is 0.161 e. The molecule has 1 saturated heterocycles. The lowest BCUT2D eigenvalue weighted by atomic mass is 9.73. The van der Waals surface area contributed by atoms with E-state index in [-0.39, 0.29) is 16.9 Å². The van der Waals surface area contributed by atoms with Crippen molar-refractivity contribution in [1.29, 1.82) is 0 Å². The van der Waals surface area contributed by atoms with Crippen LogP contribution in [-0.4, -0.2) is 52.0 Å². The minimum Gasteiger partial charge on any atom is -0.493 e. The Bertz CT molecular complexity index is 655. The van der Waals surface area contributed by atoms with Gasteiger partial charge in [0.1, 0.15) is 0 Å². The van der Waals surface area contributed by atoms with E-state index in [4.69, 9.17) is 14.2 Å². The first-order valence-electron chi connectivity index (χ1n) is 9.04. The highest BCUT2D eigenvalue weighted by atomic mass is 16.5. The number of likely N-dealkylation sites (N-methyl/N-ethyl adjacent to an activating group) is 1. The van der Waals surface area contributed by atoms with Crippen molar-refractivity contribution >= 4 is 0 Å². The molecule has 0 unspecified atom stereocenters. The molecule has 138 valence electrons. The summed E-state index contributed by atoms with van der Waals surface area (Å²) in [5, 5.41) is 0. The number of hydrogen-bond donors (Lipinski definition) is 0. The van der Waals surface area contributed by atoms with E-state index >= 15 is 0 Å². The highest BCUT2D eigenvalue weighted by Gasteiger charge is 2.50. The van der Waals surface area contributed by atoms with Gasteiger partial charge in [-0.05, 0) is 44.1 Å². The first kappa shape index (κ1) is 18.3. The molecule has 0 saturated carbocycles. The minimum atomic E-state index is -0.0150. The second-order valence-corrected chi connectivity index (χ2v) is 7.97. The molecule has 0 bridgehead atoms. The summed E-state index contributed by atoms with van der Waals surface area (Å²) in [6, 6.07) is 6.78. The van der Waals surface area contributed by atoms with Crippen LogP contribution in [0.25, 0.3) is 0 Å². The summed E-state index contributed by atoms with van der Waals surface area (Å²) in [7, 11) is 7.44. The fraction of sp³-hybridized carbons (Fsp3) is 0.619. The van der Waals surface area contributed by atoms with E-state index in [2.05, 4.69) is 50.1 Å².